The summed E-state index contributed by atoms with van der Waals surface area (Å²) in [5, 5.41) is 0.247. The maximum Gasteiger partial charge on any atom is 0.491 e. The summed E-state index contributed by atoms with van der Waals surface area (Å²) in [6.07, 6.45) is -4.94. The van der Waals surface area contributed by atoms with Crippen molar-refractivity contribution in [2.24, 2.45) is 0 Å². The van der Waals surface area contributed by atoms with Crippen molar-refractivity contribution in [1.29, 1.82) is 0 Å². The number of nitrogens with one attached hydrogen (secondary N) is 1. The van der Waals surface area contributed by atoms with Crippen molar-refractivity contribution in [3.63, 3.8) is 0 Å². The molecule has 0 spiro atoms. The fourth-order valence-electron chi connectivity index (χ4n) is 1.41. The molecule has 0 radical (unpaired) electrons. The topological polar surface area (TPSA) is 33.5 Å². The fraction of sp³-hybridized carbons (Fsp3) is 0.462. The summed E-state index contributed by atoms with van der Waals surface area (Å²) in [5.74, 6) is 0. The Balaban J connectivity index is 3.41. The van der Waals surface area contributed by atoms with Crippen LogP contribution in [0, 0.1) is 6.57 Å². The van der Waals surface area contributed by atoms with Gasteiger partial charge in [0.2, 0.25) is 0 Å². The molecule has 0 aliphatic rings. The van der Waals surface area contributed by atoms with Crippen molar-refractivity contribution in [2.45, 2.75) is 37.4 Å². The van der Waals surface area contributed by atoms with Crippen LogP contribution < -0.4 is 4.72 Å². The van der Waals surface area contributed by atoms with Gasteiger partial charge >= 0.3 is 11.8 Å². The van der Waals surface area contributed by atoms with Gasteiger partial charge in [-0.15, -0.1) is 4.72 Å². The minimum Gasteiger partial charge on any atom is -0.276 e. The number of benzene rings is 1. The van der Waals surface area contributed by atoms with Gasteiger partial charge in [0.05, 0.1) is 10.3 Å². The molecule has 21 heavy (non-hydrogen) atoms. The molecule has 0 aliphatic carbocycles. The largest absolute Gasteiger partial charge is 0.491 e. The molecule has 1 rings (SSSR count). The van der Waals surface area contributed by atoms with Crippen LogP contribution in [-0.2, 0) is 16.6 Å². The standard InChI is InChI=1S/C13H14ClF3N2OS/c1-11(2,3)21(20)19-12(18-4,13(15,16)17)9-5-7-10(14)8-6-9/h5-8,19H,1-3H3/t12-,21+/m0/s1. The number of nitrogens with zero attached hydrogens (tertiary/aromatic N) is 1. The summed E-state index contributed by atoms with van der Waals surface area (Å²) in [6.45, 7) is 11.6. The van der Waals surface area contributed by atoms with E-state index in [4.69, 9.17) is 18.2 Å². The van der Waals surface area contributed by atoms with Crippen LogP contribution >= 0.6 is 11.6 Å². The number of alkyl halides is 3. The van der Waals surface area contributed by atoms with Crippen molar-refractivity contribution < 1.29 is 17.4 Å². The Labute approximate surface area is 128 Å². The second kappa shape index (κ2) is 5.95. The van der Waals surface area contributed by atoms with E-state index in [2.05, 4.69) is 4.85 Å². The highest BCUT2D eigenvalue weighted by Crippen LogP contribution is 2.41. The highest BCUT2D eigenvalue weighted by molar-refractivity contribution is 7.84. The van der Waals surface area contributed by atoms with E-state index < -0.39 is 27.6 Å². The third-order valence-corrected chi connectivity index (χ3v) is 4.48. The van der Waals surface area contributed by atoms with E-state index in [0.717, 1.165) is 12.1 Å². The Morgan fingerprint density at radius 2 is 1.67 bits per heavy atom. The lowest BCUT2D eigenvalue weighted by Crippen LogP contribution is -2.54. The minimum absolute atomic E-state index is 0.247. The summed E-state index contributed by atoms with van der Waals surface area (Å²) in [4.78, 5) is 2.72. The zero-order valence-electron chi connectivity index (χ0n) is 11.6. The Morgan fingerprint density at radius 3 is 2.00 bits per heavy atom. The first-order valence-corrected chi connectivity index (χ1v) is 7.38. The highest BCUT2D eigenvalue weighted by Gasteiger charge is 2.65. The average Bonchev–Trinajstić information content (AvgIpc) is 2.34. The van der Waals surface area contributed by atoms with Crippen molar-refractivity contribution in [3.8, 4) is 0 Å². The molecule has 3 nitrogen and oxygen atoms in total. The molecule has 1 N–H and O–H groups in total. The van der Waals surface area contributed by atoms with Crippen LogP contribution in [0.3, 0.4) is 0 Å². The van der Waals surface area contributed by atoms with Gasteiger partial charge in [0.15, 0.2) is 0 Å². The monoisotopic (exact) mass is 338 g/mol. The number of hydrogen-bond donors (Lipinski definition) is 1. The zero-order chi connectivity index (χ0) is 16.5. The molecule has 0 aromatic heterocycles. The molecule has 1 aromatic rings. The highest BCUT2D eigenvalue weighted by atomic mass is 35.5. The second-order valence-electron chi connectivity index (χ2n) is 5.31. The summed E-state index contributed by atoms with van der Waals surface area (Å²) < 4.78 is 53.5. The van der Waals surface area contributed by atoms with E-state index in [0.29, 0.717) is 0 Å². The van der Waals surface area contributed by atoms with Gasteiger partial charge in [0.1, 0.15) is 11.0 Å². The third kappa shape index (κ3) is 3.76. The van der Waals surface area contributed by atoms with Crippen LogP contribution in [0.15, 0.2) is 24.3 Å². The maximum atomic E-state index is 13.5. The van der Waals surface area contributed by atoms with Crippen LogP contribution in [0.2, 0.25) is 5.02 Å². The molecule has 0 saturated carbocycles. The SMILES string of the molecule is [C-]#[N+][C@](N[S@](=O)C(C)(C)C)(c1ccc(Cl)cc1)C(F)(F)F. The molecule has 0 amide bonds. The summed E-state index contributed by atoms with van der Waals surface area (Å²) in [6, 6.07) is 4.70. The lowest BCUT2D eigenvalue weighted by molar-refractivity contribution is -0.180. The molecule has 0 saturated heterocycles. The zero-order valence-corrected chi connectivity index (χ0v) is 13.2. The van der Waals surface area contributed by atoms with Crippen LogP contribution in [0.5, 0.6) is 0 Å². The fourth-order valence-corrected chi connectivity index (χ4v) is 2.39. The van der Waals surface area contributed by atoms with E-state index in [1.165, 1.54) is 32.9 Å². The van der Waals surface area contributed by atoms with Crippen molar-refractivity contribution >= 4 is 22.6 Å². The van der Waals surface area contributed by atoms with Gasteiger partial charge < -0.3 is 0 Å². The maximum absolute atomic E-state index is 13.5. The first-order valence-electron chi connectivity index (χ1n) is 5.85. The summed E-state index contributed by atoms with van der Waals surface area (Å²) in [7, 11) is -2.08. The Kier molecular flexibility index (Phi) is 5.09. The van der Waals surface area contributed by atoms with Crippen LogP contribution in [-0.4, -0.2) is 15.1 Å². The molecule has 0 aliphatic heterocycles. The normalized spacial score (nSPS) is 16.9. The van der Waals surface area contributed by atoms with Crippen LogP contribution in [0.25, 0.3) is 4.85 Å². The quantitative estimate of drug-likeness (QED) is 0.829. The van der Waals surface area contributed by atoms with Gasteiger partial charge in [-0.2, -0.15) is 13.2 Å². The molecule has 2 atom stereocenters. The predicted octanol–water partition coefficient (Wildman–Crippen LogP) is 4.03. The molecular weight excluding hydrogens is 325 g/mol. The van der Waals surface area contributed by atoms with Gasteiger partial charge in [0.25, 0.3) is 0 Å². The van der Waals surface area contributed by atoms with Crippen LogP contribution in [0.4, 0.5) is 13.2 Å². The van der Waals surface area contributed by atoms with Crippen molar-refractivity contribution in [2.75, 3.05) is 0 Å². The number of rotatable bonds is 3. The summed E-state index contributed by atoms with van der Waals surface area (Å²) in [5.41, 5.74) is -3.43. The molecule has 116 valence electrons. The number of halogens is 4. The molecule has 0 fully saturated rings. The minimum atomic E-state index is -4.94. The van der Waals surface area contributed by atoms with Crippen LogP contribution in [0.1, 0.15) is 26.3 Å². The molecule has 0 heterocycles. The molecule has 0 unspecified atom stereocenters. The predicted molar refractivity (Wildman–Crippen MR) is 76.8 cm³/mol. The first-order chi connectivity index (χ1) is 9.44. The van der Waals surface area contributed by atoms with E-state index in [-0.39, 0.29) is 10.6 Å². The Bertz CT molecular complexity index is 575. The molecule has 1 aromatic carbocycles. The van der Waals surface area contributed by atoms with Crippen molar-refractivity contribution in [3.05, 3.63) is 46.3 Å². The lowest BCUT2D eigenvalue weighted by Gasteiger charge is -2.28. The van der Waals surface area contributed by atoms with E-state index in [9.17, 15) is 17.4 Å². The third-order valence-electron chi connectivity index (χ3n) is 2.64. The summed E-state index contributed by atoms with van der Waals surface area (Å²) >= 11 is 5.66. The lowest BCUT2D eigenvalue weighted by atomic mass is 10.0. The smallest absolute Gasteiger partial charge is 0.276 e. The van der Waals surface area contributed by atoms with E-state index in [1.807, 2.05) is 4.72 Å². The van der Waals surface area contributed by atoms with Gasteiger partial charge in [-0.3, -0.25) is 4.85 Å². The molecule has 0 bridgehead atoms. The van der Waals surface area contributed by atoms with Crippen molar-refractivity contribution in [1.82, 2.24) is 4.72 Å². The number of hydrogen-bond acceptors (Lipinski definition) is 1. The van der Waals surface area contributed by atoms with E-state index in [1.54, 1.807) is 0 Å². The van der Waals surface area contributed by atoms with Gasteiger partial charge in [-0.1, -0.05) is 11.6 Å². The van der Waals surface area contributed by atoms with E-state index >= 15 is 0 Å². The molecular formula is C13H14ClF3N2OS. The Hall–Kier alpha value is -1.10. The first kappa shape index (κ1) is 18.0. The second-order valence-corrected chi connectivity index (χ2v) is 7.71. The molecule has 8 heteroatoms. The average molecular weight is 339 g/mol. The Morgan fingerprint density at radius 1 is 1.19 bits per heavy atom. The van der Waals surface area contributed by atoms with Gasteiger partial charge in [0, 0.05) is 5.02 Å². The van der Waals surface area contributed by atoms with Gasteiger partial charge in [-0.25, -0.2) is 10.8 Å². The van der Waals surface area contributed by atoms with Gasteiger partial charge in [-0.05, 0) is 45.0 Å².